The molecule has 0 radical (unpaired) electrons. The van der Waals surface area contributed by atoms with E-state index in [1.165, 1.54) is 25.7 Å². The topological polar surface area (TPSA) is 52.6 Å². The molecule has 4 nitrogen and oxygen atoms in total. The van der Waals surface area contributed by atoms with Gasteiger partial charge in [-0.25, -0.2) is 0 Å². The van der Waals surface area contributed by atoms with Gasteiger partial charge in [-0.2, -0.15) is 0 Å². The van der Waals surface area contributed by atoms with Gasteiger partial charge < -0.3 is 10.4 Å². The molecule has 2 aliphatic carbocycles. The molecule has 0 heterocycles. The third kappa shape index (κ3) is 3.78. The molecule has 21 heavy (non-hydrogen) atoms. The molecule has 2 fully saturated rings. The molecular formula is C17H32N2O2. The van der Waals surface area contributed by atoms with Crippen LogP contribution in [0, 0.1) is 5.92 Å². The minimum Gasteiger partial charge on any atom is -0.480 e. The summed E-state index contributed by atoms with van der Waals surface area (Å²) in [4.78, 5) is 14.4. The first kappa shape index (κ1) is 16.8. The van der Waals surface area contributed by atoms with Crippen molar-refractivity contribution in [3.8, 4) is 0 Å². The smallest absolute Gasteiger partial charge is 0.323 e. The molecule has 2 atom stereocenters. The standard InChI is InChI=1S/C17H32N2O2/c1-13(2)12-19(14-7-4-5-8-14)15-9-6-10-17(11-15,18-3)16(20)21/h13-15,18H,4-12H2,1-3H3,(H,20,21). The highest BCUT2D eigenvalue weighted by Crippen LogP contribution is 2.35. The fraction of sp³-hybridized carbons (Fsp3) is 0.941. The van der Waals surface area contributed by atoms with Crippen LogP contribution in [0.3, 0.4) is 0 Å². The Morgan fingerprint density at radius 1 is 1.24 bits per heavy atom. The van der Waals surface area contributed by atoms with E-state index in [0.717, 1.165) is 32.2 Å². The Morgan fingerprint density at radius 3 is 2.38 bits per heavy atom. The molecule has 0 saturated heterocycles. The van der Waals surface area contributed by atoms with E-state index in [4.69, 9.17) is 0 Å². The zero-order valence-corrected chi connectivity index (χ0v) is 13.9. The van der Waals surface area contributed by atoms with E-state index in [9.17, 15) is 9.90 Å². The van der Waals surface area contributed by atoms with Gasteiger partial charge in [-0.1, -0.05) is 26.7 Å². The van der Waals surface area contributed by atoms with Gasteiger partial charge in [0.05, 0.1) is 0 Å². The summed E-state index contributed by atoms with van der Waals surface area (Å²) in [6, 6.07) is 1.10. The molecule has 2 rings (SSSR count). The maximum Gasteiger partial charge on any atom is 0.323 e. The van der Waals surface area contributed by atoms with Crippen molar-refractivity contribution in [1.29, 1.82) is 0 Å². The summed E-state index contributed by atoms with van der Waals surface area (Å²) < 4.78 is 0. The van der Waals surface area contributed by atoms with Gasteiger partial charge in [-0.15, -0.1) is 0 Å². The number of carbonyl (C=O) groups is 1. The molecule has 2 N–H and O–H groups in total. The summed E-state index contributed by atoms with van der Waals surface area (Å²) >= 11 is 0. The van der Waals surface area contributed by atoms with Crippen molar-refractivity contribution in [1.82, 2.24) is 10.2 Å². The second-order valence-corrected chi connectivity index (χ2v) is 7.42. The summed E-state index contributed by atoms with van der Waals surface area (Å²) in [5.41, 5.74) is -0.712. The molecule has 2 aliphatic rings. The van der Waals surface area contributed by atoms with Crippen molar-refractivity contribution in [2.45, 2.75) is 82.8 Å². The molecule has 0 bridgehead atoms. The summed E-state index contributed by atoms with van der Waals surface area (Å²) in [6.07, 6.45) is 8.94. The monoisotopic (exact) mass is 296 g/mol. The van der Waals surface area contributed by atoms with Crippen LogP contribution in [-0.2, 0) is 4.79 Å². The lowest BCUT2D eigenvalue weighted by Crippen LogP contribution is -2.58. The first-order chi connectivity index (χ1) is 9.98. The predicted octanol–water partition coefficient (Wildman–Crippen LogP) is 2.87. The largest absolute Gasteiger partial charge is 0.480 e. The second-order valence-electron chi connectivity index (χ2n) is 7.42. The average molecular weight is 296 g/mol. The van der Waals surface area contributed by atoms with E-state index in [1.807, 2.05) is 0 Å². The highest BCUT2D eigenvalue weighted by Gasteiger charge is 2.44. The van der Waals surface area contributed by atoms with E-state index < -0.39 is 11.5 Å². The maximum atomic E-state index is 11.7. The van der Waals surface area contributed by atoms with E-state index in [2.05, 4.69) is 24.1 Å². The van der Waals surface area contributed by atoms with Crippen molar-refractivity contribution < 1.29 is 9.90 Å². The Labute approximate surface area is 129 Å². The number of carboxylic acid groups (broad SMARTS) is 1. The van der Waals surface area contributed by atoms with Crippen molar-refractivity contribution in [3.05, 3.63) is 0 Å². The molecule has 4 heteroatoms. The number of aliphatic carboxylic acids is 1. The van der Waals surface area contributed by atoms with Gasteiger partial charge in [0, 0.05) is 18.6 Å². The predicted molar refractivity (Wildman–Crippen MR) is 85.5 cm³/mol. The molecular weight excluding hydrogens is 264 g/mol. The number of carboxylic acids is 1. The van der Waals surface area contributed by atoms with E-state index in [1.54, 1.807) is 7.05 Å². The number of hydrogen-bond donors (Lipinski definition) is 2. The molecule has 2 saturated carbocycles. The van der Waals surface area contributed by atoms with Crippen LogP contribution in [0.15, 0.2) is 0 Å². The van der Waals surface area contributed by atoms with Crippen molar-refractivity contribution in [2.75, 3.05) is 13.6 Å². The third-order valence-electron chi connectivity index (χ3n) is 5.45. The molecule has 0 aliphatic heterocycles. The lowest BCUT2D eigenvalue weighted by molar-refractivity contribution is -0.147. The molecule has 0 aromatic rings. The number of hydrogen-bond acceptors (Lipinski definition) is 3. The molecule has 122 valence electrons. The van der Waals surface area contributed by atoms with Crippen LogP contribution in [0.1, 0.15) is 65.2 Å². The van der Waals surface area contributed by atoms with Crippen LogP contribution in [-0.4, -0.2) is 47.2 Å². The van der Waals surface area contributed by atoms with Crippen LogP contribution in [0.2, 0.25) is 0 Å². The van der Waals surface area contributed by atoms with Gasteiger partial charge in [0.1, 0.15) is 5.54 Å². The minimum absolute atomic E-state index is 0.424. The quantitative estimate of drug-likeness (QED) is 0.791. The SMILES string of the molecule is CNC1(C(=O)O)CCCC(N(CC(C)C)C2CCCC2)C1. The first-order valence-corrected chi connectivity index (χ1v) is 8.66. The van der Waals surface area contributed by atoms with E-state index in [0.29, 0.717) is 18.0 Å². The molecule has 2 unspecified atom stereocenters. The lowest BCUT2D eigenvalue weighted by Gasteiger charge is -2.45. The number of rotatable bonds is 6. The lowest BCUT2D eigenvalue weighted by atomic mass is 9.78. The van der Waals surface area contributed by atoms with Crippen LogP contribution < -0.4 is 5.32 Å². The Hall–Kier alpha value is -0.610. The number of likely N-dealkylation sites (N-methyl/N-ethyl adjacent to an activating group) is 1. The van der Waals surface area contributed by atoms with Gasteiger partial charge >= 0.3 is 5.97 Å². The highest BCUT2D eigenvalue weighted by molar-refractivity contribution is 5.79. The van der Waals surface area contributed by atoms with E-state index >= 15 is 0 Å². The number of nitrogens with one attached hydrogen (secondary N) is 1. The zero-order chi connectivity index (χ0) is 15.5. The molecule has 0 aromatic carbocycles. The minimum atomic E-state index is -0.712. The van der Waals surface area contributed by atoms with Crippen molar-refractivity contribution >= 4 is 5.97 Å². The van der Waals surface area contributed by atoms with Crippen LogP contribution >= 0.6 is 0 Å². The normalized spacial score (nSPS) is 31.2. The molecule has 0 amide bonds. The fourth-order valence-electron chi connectivity index (χ4n) is 4.31. The summed E-state index contributed by atoms with van der Waals surface area (Å²) in [6.45, 7) is 5.65. The summed E-state index contributed by atoms with van der Waals surface area (Å²) in [5.74, 6) is -0.0352. The Balaban J connectivity index is 2.12. The fourth-order valence-corrected chi connectivity index (χ4v) is 4.31. The van der Waals surface area contributed by atoms with Crippen LogP contribution in [0.4, 0.5) is 0 Å². The van der Waals surface area contributed by atoms with Crippen LogP contribution in [0.5, 0.6) is 0 Å². The van der Waals surface area contributed by atoms with E-state index in [-0.39, 0.29) is 0 Å². The zero-order valence-electron chi connectivity index (χ0n) is 13.9. The Morgan fingerprint density at radius 2 is 1.86 bits per heavy atom. The third-order valence-corrected chi connectivity index (χ3v) is 5.45. The maximum absolute atomic E-state index is 11.7. The van der Waals surface area contributed by atoms with Crippen molar-refractivity contribution in [2.24, 2.45) is 5.92 Å². The Kier molecular flexibility index (Phi) is 5.67. The van der Waals surface area contributed by atoms with Crippen LogP contribution in [0.25, 0.3) is 0 Å². The summed E-state index contributed by atoms with van der Waals surface area (Å²) in [7, 11) is 1.80. The molecule has 0 spiro atoms. The first-order valence-electron chi connectivity index (χ1n) is 8.66. The highest BCUT2D eigenvalue weighted by atomic mass is 16.4. The second kappa shape index (κ2) is 7.10. The van der Waals surface area contributed by atoms with Gasteiger partial charge in [0.25, 0.3) is 0 Å². The molecule has 0 aromatic heterocycles. The average Bonchev–Trinajstić information content (AvgIpc) is 2.98. The van der Waals surface area contributed by atoms with Gasteiger partial charge in [0.2, 0.25) is 0 Å². The van der Waals surface area contributed by atoms with Gasteiger partial charge in [0.15, 0.2) is 0 Å². The van der Waals surface area contributed by atoms with Gasteiger partial charge in [-0.05, 0) is 51.5 Å². The Bertz CT molecular complexity index is 353. The van der Waals surface area contributed by atoms with Crippen molar-refractivity contribution in [3.63, 3.8) is 0 Å². The summed E-state index contributed by atoms with van der Waals surface area (Å²) in [5, 5.41) is 12.8. The number of nitrogens with zero attached hydrogens (tertiary/aromatic N) is 1. The van der Waals surface area contributed by atoms with Gasteiger partial charge in [-0.3, -0.25) is 9.69 Å².